The van der Waals surface area contributed by atoms with Crippen molar-refractivity contribution >= 4 is 40.2 Å². The Morgan fingerprint density at radius 3 is 3.05 bits per heavy atom. The summed E-state index contributed by atoms with van der Waals surface area (Å²) in [6.45, 7) is 2.64. The molecule has 1 radical (unpaired) electrons. The van der Waals surface area contributed by atoms with Crippen LogP contribution in [0.25, 0.3) is 11.0 Å². The van der Waals surface area contributed by atoms with Gasteiger partial charge in [-0.1, -0.05) is 0 Å². The van der Waals surface area contributed by atoms with Gasteiger partial charge in [-0.25, -0.2) is 4.98 Å². The molecule has 101 valence electrons. The number of thioether (sulfide) groups is 2. The first-order valence-corrected chi connectivity index (χ1v) is 8.63. The Kier molecular flexibility index (Phi) is 3.91. The molecule has 0 aliphatic carbocycles. The summed E-state index contributed by atoms with van der Waals surface area (Å²) >= 11 is 3.59. The minimum atomic E-state index is 0.239. The van der Waals surface area contributed by atoms with Gasteiger partial charge < -0.3 is 14.6 Å². The van der Waals surface area contributed by atoms with E-state index in [9.17, 15) is 0 Å². The van der Waals surface area contributed by atoms with Crippen molar-refractivity contribution in [3.63, 3.8) is 0 Å². The van der Waals surface area contributed by atoms with Crippen LogP contribution in [0.2, 0.25) is 0 Å². The van der Waals surface area contributed by atoms with Gasteiger partial charge in [-0.3, -0.25) is 0 Å². The SMILES string of the molecule is CSC1[CH]OCC(SC)N1c1ccc2[nH]cnc2c1. The molecule has 2 unspecified atom stereocenters. The van der Waals surface area contributed by atoms with Crippen molar-refractivity contribution in [2.24, 2.45) is 0 Å². The molecule has 2 heterocycles. The fourth-order valence-electron chi connectivity index (χ4n) is 2.27. The topological polar surface area (TPSA) is 41.1 Å². The number of nitrogens with zero attached hydrogens (tertiary/aromatic N) is 2. The zero-order valence-electron chi connectivity index (χ0n) is 10.9. The van der Waals surface area contributed by atoms with Gasteiger partial charge in [0.1, 0.15) is 12.0 Å². The highest BCUT2D eigenvalue weighted by molar-refractivity contribution is 8.00. The van der Waals surface area contributed by atoms with Gasteiger partial charge in [0.05, 0.1) is 29.3 Å². The Bertz CT molecular complexity index is 548. The Morgan fingerprint density at radius 2 is 2.26 bits per heavy atom. The van der Waals surface area contributed by atoms with Crippen LogP contribution in [0, 0.1) is 6.61 Å². The first-order valence-electron chi connectivity index (χ1n) is 6.05. The van der Waals surface area contributed by atoms with E-state index in [0.29, 0.717) is 5.37 Å². The van der Waals surface area contributed by atoms with E-state index >= 15 is 0 Å². The second kappa shape index (κ2) is 5.64. The molecule has 0 spiro atoms. The third-order valence-electron chi connectivity index (χ3n) is 3.25. The highest BCUT2D eigenvalue weighted by atomic mass is 32.2. The summed E-state index contributed by atoms with van der Waals surface area (Å²) in [5.41, 5.74) is 3.27. The normalized spacial score (nSPS) is 24.0. The van der Waals surface area contributed by atoms with Gasteiger partial charge in [0.2, 0.25) is 0 Å². The third kappa shape index (κ3) is 2.44. The van der Waals surface area contributed by atoms with Crippen molar-refractivity contribution in [3.05, 3.63) is 31.1 Å². The van der Waals surface area contributed by atoms with Crippen molar-refractivity contribution < 1.29 is 4.74 Å². The first kappa shape index (κ1) is 13.1. The maximum atomic E-state index is 5.57. The number of morpholine rings is 1. The van der Waals surface area contributed by atoms with Crippen LogP contribution in [-0.4, -0.2) is 39.8 Å². The molecule has 2 atom stereocenters. The molecule has 1 aromatic carbocycles. The van der Waals surface area contributed by atoms with E-state index < -0.39 is 0 Å². The number of imidazole rings is 1. The molecule has 1 N–H and O–H groups in total. The minimum Gasteiger partial charge on any atom is -0.369 e. The number of hydrogen-bond acceptors (Lipinski definition) is 5. The molecule has 1 saturated heterocycles. The lowest BCUT2D eigenvalue weighted by molar-refractivity contribution is 0.166. The summed E-state index contributed by atoms with van der Waals surface area (Å²) in [6.07, 6.45) is 5.96. The van der Waals surface area contributed by atoms with Crippen molar-refractivity contribution in [3.8, 4) is 0 Å². The molecule has 4 nitrogen and oxygen atoms in total. The van der Waals surface area contributed by atoms with Crippen LogP contribution >= 0.6 is 23.5 Å². The van der Waals surface area contributed by atoms with Gasteiger partial charge in [0.25, 0.3) is 0 Å². The molecule has 0 bridgehead atoms. The predicted molar refractivity (Wildman–Crippen MR) is 83.4 cm³/mol. The number of nitrogens with one attached hydrogen (secondary N) is 1. The van der Waals surface area contributed by atoms with Crippen LogP contribution < -0.4 is 4.90 Å². The van der Waals surface area contributed by atoms with Crippen LogP contribution in [0.5, 0.6) is 0 Å². The average Bonchev–Trinajstić information content (AvgIpc) is 2.93. The van der Waals surface area contributed by atoms with Gasteiger partial charge in [0.15, 0.2) is 0 Å². The van der Waals surface area contributed by atoms with E-state index in [0.717, 1.165) is 17.6 Å². The molecular formula is C13H16N3OS2. The van der Waals surface area contributed by atoms with Crippen LogP contribution in [0.4, 0.5) is 5.69 Å². The van der Waals surface area contributed by atoms with Gasteiger partial charge >= 0.3 is 0 Å². The zero-order valence-corrected chi connectivity index (χ0v) is 12.5. The fraction of sp³-hybridized carbons (Fsp3) is 0.385. The quantitative estimate of drug-likeness (QED) is 0.942. The van der Waals surface area contributed by atoms with E-state index in [4.69, 9.17) is 4.74 Å². The molecule has 0 amide bonds. The van der Waals surface area contributed by atoms with Crippen molar-refractivity contribution in [1.82, 2.24) is 9.97 Å². The van der Waals surface area contributed by atoms with E-state index in [-0.39, 0.29) is 5.37 Å². The lowest BCUT2D eigenvalue weighted by Crippen LogP contribution is -2.47. The van der Waals surface area contributed by atoms with Gasteiger partial charge in [-0.15, -0.1) is 23.5 Å². The second-order valence-electron chi connectivity index (χ2n) is 4.30. The Morgan fingerprint density at radius 1 is 1.37 bits per heavy atom. The third-order valence-corrected chi connectivity index (χ3v) is 4.98. The largest absolute Gasteiger partial charge is 0.369 e. The molecule has 1 fully saturated rings. The van der Waals surface area contributed by atoms with Crippen LogP contribution in [0.3, 0.4) is 0 Å². The zero-order chi connectivity index (χ0) is 13.2. The highest BCUT2D eigenvalue weighted by Gasteiger charge is 2.31. The lowest BCUT2D eigenvalue weighted by Gasteiger charge is -2.41. The number of fused-ring (bicyclic) bond motifs is 1. The summed E-state index contributed by atoms with van der Waals surface area (Å²) in [6, 6.07) is 6.37. The summed E-state index contributed by atoms with van der Waals surface area (Å²) < 4.78 is 5.57. The number of ether oxygens (including phenoxy) is 1. The lowest BCUT2D eigenvalue weighted by atomic mass is 10.2. The number of anilines is 1. The number of benzene rings is 1. The van der Waals surface area contributed by atoms with Gasteiger partial charge in [-0.2, -0.15) is 0 Å². The predicted octanol–water partition coefficient (Wildman–Crippen LogP) is 2.94. The number of rotatable bonds is 3. The van der Waals surface area contributed by atoms with E-state index in [1.807, 2.05) is 18.4 Å². The van der Waals surface area contributed by atoms with Crippen molar-refractivity contribution in [2.45, 2.75) is 10.7 Å². The molecule has 19 heavy (non-hydrogen) atoms. The number of aromatic nitrogens is 2. The van der Waals surface area contributed by atoms with E-state index in [1.165, 1.54) is 5.69 Å². The van der Waals surface area contributed by atoms with Gasteiger partial charge in [0, 0.05) is 5.69 Å². The second-order valence-corrected chi connectivity index (χ2v) is 6.27. The van der Waals surface area contributed by atoms with Crippen LogP contribution in [-0.2, 0) is 4.74 Å². The molecule has 1 aromatic heterocycles. The molecule has 1 aliphatic rings. The van der Waals surface area contributed by atoms with Crippen LogP contribution in [0.1, 0.15) is 0 Å². The smallest absolute Gasteiger partial charge is 0.116 e. The highest BCUT2D eigenvalue weighted by Crippen LogP contribution is 2.34. The average molecular weight is 294 g/mol. The van der Waals surface area contributed by atoms with E-state index in [1.54, 1.807) is 18.1 Å². The Hall–Kier alpha value is -0.850. The summed E-state index contributed by atoms with van der Waals surface area (Å²) in [5.74, 6) is 0. The number of hydrogen-bond donors (Lipinski definition) is 1. The molecule has 6 heteroatoms. The maximum absolute atomic E-state index is 5.57. The summed E-state index contributed by atoms with van der Waals surface area (Å²) in [4.78, 5) is 9.86. The molecule has 2 aromatic rings. The Labute approximate surface area is 121 Å². The fourth-order valence-corrected chi connectivity index (χ4v) is 3.73. The number of aromatic amines is 1. The Balaban J connectivity index is 1.99. The standard InChI is InChI=1S/C13H16N3OS2/c1-18-12-6-17-7-13(19-2)16(12)9-3-4-10-11(5-9)15-8-14-10/h3-6,8,12-13H,7H2,1-2H3,(H,14,15). The van der Waals surface area contributed by atoms with E-state index in [2.05, 4.69) is 45.6 Å². The van der Waals surface area contributed by atoms with Gasteiger partial charge in [-0.05, 0) is 30.7 Å². The molecule has 3 rings (SSSR count). The number of H-pyrrole nitrogens is 1. The molecular weight excluding hydrogens is 278 g/mol. The molecule has 0 saturated carbocycles. The maximum Gasteiger partial charge on any atom is 0.116 e. The summed E-state index contributed by atoms with van der Waals surface area (Å²) in [7, 11) is 0. The first-order chi connectivity index (χ1) is 9.33. The van der Waals surface area contributed by atoms with Crippen molar-refractivity contribution in [2.75, 3.05) is 24.0 Å². The van der Waals surface area contributed by atoms with Crippen molar-refractivity contribution in [1.29, 1.82) is 0 Å². The minimum absolute atomic E-state index is 0.239. The summed E-state index contributed by atoms with van der Waals surface area (Å²) in [5, 5.41) is 0.571. The molecule has 1 aliphatic heterocycles. The monoisotopic (exact) mass is 294 g/mol. The van der Waals surface area contributed by atoms with Crippen LogP contribution in [0.15, 0.2) is 24.5 Å².